The van der Waals surface area contributed by atoms with Crippen LogP contribution in [-0.4, -0.2) is 144 Å². The third kappa shape index (κ3) is 13.3. The van der Waals surface area contributed by atoms with E-state index < -0.39 is 54.6 Å². The van der Waals surface area contributed by atoms with Gasteiger partial charge in [0, 0.05) is 91.8 Å². The Bertz CT molecular complexity index is 3430. The molecule has 2 amide bonds. The highest BCUT2D eigenvalue weighted by Crippen LogP contribution is 2.66. The number of imidazole rings is 1. The molecule has 3 aromatic carbocycles. The molecule has 0 radical (unpaired) electrons. The number of aryl methyl sites for hydroxylation is 2. The molecular formula is C51H68N10O16P3+. The molecule has 2 unspecified atom stereocenters. The molecule has 6 heterocycles. The van der Waals surface area contributed by atoms with Crippen molar-refractivity contribution in [1.82, 2.24) is 34.3 Å². The number of ether oxygens (including phenoxy) is 2. The Morgan fingerprint density at radius 3 is 2.41 bits per heavy atom. The van der Waals surface area contributed by atoms with E-state index in [4.69, 9.17) is 25.0 Å². The fourth-order valence-electron chi connectivity index (χ4n) is 10.8. The standard InChI is InChI=1S/C51H67N10O16P3/c1-4-59-23-12-15-31-25-35-39(27-37(31)59)74-40-28-38-32(16-13-24-60(38)5-2)26-36(40)43(35)33-17-8-9-18-34(33)49(65)58(3)22-14-19-42(62)53-20-10-6-7-11-21-54-51-57-44-47(52)55-30-56-48(44)61(51)50-46(64)45(63)41(75-50)29-73-79(69,70)77-80(71,72)76-78(66,67)68/h8-9,17-18,25-28,30,41,45-46,50,52,63-64H,4-7,10-16,19-24,29H2,1-3H3,(H6,53,62,65,66,67,68,69,70,71,72)/p+1/t41-,45-,46-,50-/m1/s1. The van der Waals surface area contributed by atoms with E-state index in [9.17, 15) is 43.3 Å². The summed E-state index contributed by atoms with van der Waals surface area (Å²) >= 11 is 0. The summed E-state index contributed by atoms with van der Waals surface area (Å²) in [4.78, 5) is 81.2. The minimum atomic E-state index is -5.81. The van der Waals surface area contributed by atoms with Crippen LogP contribution in [0.15, 0.2) is 54.9 Å². The summed E-state index contributed by atoms with van der Waals surface area (Å²) in [5, 5.41) is 30.2. The average Bonchev–Trinajstić information content (AvgIpc) is 3.98. The zero-order valence-corrected chi connectivity index (χ0v) is 47.2. The Labute approximate surface area is 460 Å². The molecule has 0 spiro atoms. The first kappa shape index (κ1) is 58.9. The van der Waals surface area contributed by atoms with Gasteiger partial charge >= 0.3 is 23.5 Å². The number of hydrogen-bond donors (Lipinski definition) is 9. The number of carbonyl (C=O) groups is 2. The molecule has 26 nitrogen and oxygen atoms in total. The van der Waals surface area contributed by atoms with Crippen molar-refractivity contribution >= 4 is 69.5 Å². The summed E-state index contributed by atoms with van der Waals surface area (Å²) in [7, 11) is -15.2. The van der Waals surface area contributed by atoms with Crippen LogP contribution >= 0.6 is 23.5 Å². The molecule has 1 saturated heterocycles. The Morgan fingerprint density at radius 1 is 0.887 bits per heavy atom. The molecular weight excluding hydrogens is 1100 g/mol. The molecule has 9 rings (SSSR count). The van der Waals surface area contributed by atoms with Crippen molar-refractivity contribution in [2.45, 2.75) is 103 Å². The van der Waals surface area contributed by atoms with Gasteiger partial charge in [-0.15, -0.1) is 0 Å². The number of nitrogens with one attached hydrogen (secondary N) is 2. The second-order valence-corrected chi connectivity index (χ2v) is 24.5. The lowest BCUT2D eigenvalue weighted by Crippen LogP contribution is -2.39. The third-order valence-electron chi connectivity index (χ3n) is 14.6. The molecule has 432 valence electrons. The summed E-state index contributed by atoms with van der Waals surface area (Å²) in [6.45, 7) is 8.30. The maximum absolute atomic E-state index is 14.5. The number of benzene rings is 3. The van der Waals surface area contributed by atoms with Crippen LogP contribution in [0.1, 0.15) is 104 Å². The molecule has 0 saturated carbocycles. The van der Waals surface area contributed by atoms with Crippen LogP contribution in [0.2, 0.25) is 0 Å². The molecule has 6 atom stereocenters. The van der Waals surface area contributed by atoms with E-state index in [2.05, 4.69) is 86.3 Å². The van der Waals surface area contributed by atoms with Gasteiger partial charge in [0.1, 0.15) is 49.2 Å². The van der Waals surface area contributed by atoms with Gasteiger partial charge in [0.25, 0.3) is 5.91 Å². The van der Waals surface area contributed by atoms with Gasteiger partial charge in [-0.2, -0.15) is 8.62 Å². The predicted octanol–water partition coefficient (Wildman–Crippen LogP) is 3.59. The van der Waals surface area contributed by atoms with Crippen molar-refractivity contribution in [3.8, 4) is 11.5 Å². The summed E-state index contributed by atoms with van der Waals surface area (Å²) < 4.78 is 63.4. The summed E-state index contributed by atoms with van der Waals surface area (Å²) in [5.74, 6) is 1.41. The highest BCUT2D eigenvalue weighted by atomic mass is 31.3. The third-order valence-corrected chi connectivity index (χ3v) is 18.4. The number of fused-ring (bicyclic) bond motifs is 5. The number of carbonyl (C=O) groups excluding carboxylic acids is 2. The zero-order chi connectivity index (χ0) is 57.1. The molecule has 5 aromatic rings. The number of aliphatic hydroxyl groups is 2. The number of nitrogens with zero attached hydrogens (tertiary/aromatic N) is 7. The van der Waals surface area contributed by atoms with Gasteiger partial charge in [-0.25, -0.2) is 33.2 Å². The number of aromatic nitrogens is 4. The van der Waals surface area contributed by atoms with Gasteiger partial charge in [0.05, 0.1) is 12.7 Å². The van der Waals surface area contributed by atoms with E-state index in [1.54, 1.807) is 11.9 Å². The highest BCUT2D eigenvalue weighted by Gasteiger charge is 2.48. The molecule has 0 aliphatic carbocycles. The molecule has 4 aliphatic heterocycles. The molecule has 4 aliphatic rings. The second-order valence-electron chi connectivity index (χ2n) is 20.0. The number of anilines is 3. The van der Waals surface area contributed by atoms with Crippen molar-refractivity contribution in [3.63, 3.8) is 0 Å². The van der Waals surface area contributed by atoms with Crippen LogP contribution in [0.4, 0.5) is 17.5 Å². The van der Waals surface area contributed by atoms with Crippen LogP contribution < -0.4 is 41.2 Å². The number of phosphoric acid groups is 3. The summed E-state index contributed by atoms with van der Waals surface area (Å²) in [6, 6.07) is 16.7. The number of phosphoric ester groups is 1. The molecule has 0 bridgehead atoms. The number of nitrogens with two attached hydrogens (primary N) is 1. The van der Waals surface area contributed by atoms with Gasteiger partial charge in [0.2, 0.25) is 17.2 Å². The first-order valence-corrected chi connectivity index (χ1v) is 31.2. The van der Waals surface area contributed by atoms with Crippen molar-refractivity contribution in [1.29, 1.82) is 0 Å². The fourth-order valence-corrected chi connectivity index (χ4v) is 13.8. The first-order valence-electron chi connectivity index (χ1n) is 26.7. The average molecular weight is 1170 g/mol. The first-order chi connectivity index (χ1) is 38.2. The SMILES string of the molecule is CCN1CCCc2cc3c(cc21)Oc1cc2c(cc1=C3c1ccccc1C(=O)N(C)CCCC(=O)NCCCCCCNc1nc3c(N)ncnc3n1[C@@H]1O[C@H](COP(=O)(O)OP(=O)(O)OP(=O)(O)O)[C@@H](O)[C@H]1O)CCC[N+]=2CC. The van der Waals surface area contributed by atoms with Crippen LogP contribution in [0.25, 0.3) is 16.7 Å². The molecule has 10 N–H and O–H groups in total. The lowest BCUT2D eigenvalue weighted by molar-refractivity contribution is -0.121. The molecule has 2 aromatic heterocycles. The zero-order valence-electron chi connectivity index (χ0n) is 44.5. The van der Waals surface area contributed by atoms with Gasteiger partial charge in [-0.3, -0.25) is 18.7 Å². The normalized spacial score (nSPS) is 20.2. The highest BCUT2D eigenvalue weighted by molar-refractivity contribution is 7.66. The topological polar surface area (TPSA) is 356 Å². The Morgan fingerprint density at radius 2 is 1.65 bits per heavy atom. The Hall–Kier alpha value is -5.69. The van der Waals surface area contributed by atoms with Crippen LogP contribution in [0.3, 0.4) is 0 Å². The minimum Gasteiger partial charge on any atom is -0.456 e. The van der Waals surface area contributed by atoms with E-state index >= 15 is 0 Å². The summed E-state index contributed by atoms with van der Waals surface area (Å²) in [6.07, 6.45) is 2.21. The van der Waals surface area contributed by atoms with E-state index in [1.165, 1.54) is 26.7 Å². The van der Waals surface area contributed by atoms with Gasteiger partial charge < -0.3 is 65.4 Å². The number of unbranched alkanes of at least 4 members (excludes halogenated alkanes) is 3. The smallest absolute Gasteiger partial charge is 0.456 e. The lowest BCUT2D eigenvalue weighted by Gasteiger charge is -2.33. The maximum atomic E-state index is 14.5. The van der Waals surface area contributed by atoms with E-state index in [0.717, 1.165) is 104 Å². The number of aliphatic hydroxyl groups excluding tert-OH is 2. The van der Waals surface area contributed by atoms with E-state index in [0.29, 0.717) is 44.5 Å². The van der Waals surface area contributed by atoms with Gasteiger partial charge in [-0.05, 0) is 81.7 Å². The van der Waals surface area contributed by atoms with Gasteiger partial charge in [-0.1, -0.05) is 31.0 Å². The maximum Gasteiger partial charge on any atom is 0.490 e. The summed E-state index contributed by atoms with van der Waals surface area (Å²) in [5.41, 5.74) is 13.4. The van der Waals surface area contributed by atoms with Gasteiger partial charge in [0.15, 0.2) is 23.2 Å². The monoisotopic (exact) mass is 1170 g/mol. The Balaban J connectivity index is 0.764. The van der Waals surface area contributed by atoms with E-state index in [1.807, 2.05) is 24.3 Å². The second kappa shape index (κ2) is 24.8. The number of rotatable bonds is 24. The van der Waals surface area contributed by atoms with Crippen molar-refractivity contribution in [2.24, 2.45) is 0 Å². The minimum absolute atomic E-state index is 0.0104. The van der Waals surface area contributed by atoms with Crippen molar-refractivity contribution in [2.75, 3.05) is 75.4 Å². The molecule has 1 fully saturated rings. The van der Waals surface area contributed by atoms with Crippen molar-refractivity contribution < 1.29 is 75.7 Å². The quantitative estimate of drug-likeness (QED) is 0.0237. The Kier molecular flexibility index (Phi) is 18.3. The van der Waals surface area contributed by atoms with Crippen LogP contribution in [0.5, 0.6) is 11.5 Å². The largest absolute Gasteiger partial charge is 0.490 e. The van der Waals surface area contributed by atoms with Crippen LogP contribution in [0, 0.1) is 0 Å². The number of hydrogen-bond acceptors (Lipinski definition) is 18. The number of nitrogen functional groups attached to an aromatic ring is 1. The number of amides is 2. The van der Waals surface area contributed by atoms with Crippen molar-refractivity contribution in [3.05, 3.63) is 93.3 Å². The van der Waals surface area contributed by atoms with Crippen LogP contribution in [-0.2, 0) is 49.2 Å². The fraction of sp³-hybridized carbons (Fsp3) is 0.490. The molecule has 80 heavy (non-hydrogen) atoms. The molecule has 29 heteroatoms. The van der Waals surface area contributed by atoms with E-state index in [-0.39, 0.29) is 41.2 Å². The predicted molar refractivity (Wildman–Crippen MR) is 293 cm³/mol. The lowest BCUT2D eigenvalue weighted by atomic mass is 9.86.